The summed E-state index contributed by atoms with van der Waals surface area (Å²) in [4.78, 5) is 8.46. The summed E-state index contributed by atoms with van der Waals surface area (Å²) < 4.78 is 33.5. The molecule has 0 unspecified atom stereocenters. The van der Waals surface area contributed by atoms with Crippen molar-refractivity contribution in [3.05, 3.63) is 66.0 Å². The second-order valence-electron chi connectivity index (χ2n) is 8.07. The minimum Gasteiger partial charge on any atom is -0.494 e. The average molecular weight is 450 g/mol. The second-order valence-corrected chi connectivity index (χ2v) is 8.07. The number of halogens is 2. The molecule has 1 aromatic heterocycles. The largest absolute Gasteiger partial charge is 0.494 e. The van der Waals surface area contributed by atoms with Crippen LogP contribution in [0.2, 0.25) is 0 Å². The van der Waals surface area contributed by atoms with Gasteiger partial charge in [0.25, 0.3) is 0 Å². The predicted octanol–water partition coefficient (Wildman–Crippen LogP) is 7.48. The van der Waals surface area contributed by atoms with Crippen LogP contribution in [0.25, 0.3) is 22.5 Å². The Labute approximate surface area is 194 Å². The zero-order valence-electron chi connectivity index (χ0n) is 19.0. The number of hydrogen-bond acceptors (Lipinski definition) is 4. The molecule has 3 aromatic rings. The Kier molecular flexibility index (Phi) is 9.31. The van der Waals surface area contributed by atoms with Gasteiger partial charge in [-0.1, -0.05) is 64.0 Å². The van der Waals surface area contributed by atoms with Crippen molar-refractivity contribution in [3.63, 3.8) is 0 Å². The molecule has 2 aromatic carbocycles. The summed E-state index contributed by atoms with van der Waals surface area (Å²) in [6, 6.07) is 11.3. The molecule has 3 rings (SSSR count). The van der Waals surface area contributed by atoms with E-state index in [1.54, 1.807) is 12.4 Å². The number of rotatable bonds is 12. The Hall–Kier alpha value is -3.33. The molecule has 0 atom stereocenters. The lowest BCUT2D eigenvalue weighted by molar-refractivity contribution is 0.304. The number of hydrogen-bond donors (Lipinski definition) is 0. The van der Waals surface area contributed by atoms with Crippen LogP contribution in [0.15, 0.2) is 48.8 Å². The molecule has 172 valence electrons. The highest BCUT2D eigenvalue weighted by atomic mass is 19.1. The molecule has 0 fully saturated rings. The highest BCUT2D eigenvalue weighted by Gasteiger charge is 2.13. The van der Waals surface area contributed by atoms with Gasteiger partial charge in [-0.05, 0) is 36.2 Å². The van der Waals surface area contributed by atoms with E-state index in [9.17, 15) is 8.78 Å². The molecule has 0 aliphatic carbocycles. The van der Waals surface area contributed by atoms with Crippen LogP contribution in [-0.2, 0) is 0 Å². The van der Waals surface area contributed by atoms with Crippen molar-refractivity contribution in [2.45, 2.75) is 58.3 Å². The first-order chi connectivity index (χ1) is 16.1. The zero-order chi connectivity index (χ0) is 23.5. The minimum absolute atomic E-state index is 0.181. The fraction of sp³-hybridized carbons (Fsp3) is 0.370. The topological polar surface area (TPSA) is 58.8 Å². The molecule has 33 heavy (non-hydrogen) atoms. The molecule has 4 nitrogen and oxygen atoms in total. The van der Waals surface area contributed by atoms with Crippen molar-refractivity contribution in [2.24, 2.45) is 0 Å². The van der Waals surface area contributed by atoms with E-state index in [-0.39, 0.29) is 11.4 Å². The van der Waals surface area contributed by atoms with Crippen molar-refractivity contribution >= 4 is 0 Å². The molecule has 0 N–H and O–H groups in total. The molecule has 0 saturated heterocycles. The average Bonchev–Trinajstić information content (AvgIpc) is 2.83. The van der Waals surface area contributed by atoms with Gasteiger partial charge < -0.3 is 4.74 Å². The fourth-order valence-electron chi connectivity index (χ4n) is 3.60. The van der Waals surface area contributed by atoms with Crippen LogP contribution in [0.4, 0.5) is 8.78 Å². The van der Waals surface area contributed by atoms with Gasteiger partial charge in [0, 0.05) is 23.5 Å². The number of benzene rings is 2. The number of unbranched alkanes of at least 4 members (excludes halogenated alkanes) is 7. The Balaban J connectivity index is 1.50. The van der Waals surface area contributed by atoms with Crippen molar-refractivity contribution < 1.29 is 13.5 Å². The second kappa shape index (κ2) is 12.6. The first kappa shape index (κ1) is 24.3. The Morgan fingerprint density at radius 3 is 1.94 bits per heavy atom. The minimum atomic E-state index is -0.928. The molecule has 6 heteroatoms. The smallest absolute Gasteiger partial charge is 0.159 e. The van der Waals surface area contributed by atoms with Crippen LogP contribution >= 0.6 is 0 Å². The summed E-state index contributed by atoms with van der Waals surface area (Å²) in [5, 5.41) is 8.79. The van der Waals surface area contributed by atoms with Crippen LogP contribution in [0.1, 0.15) is 63.9 Å². The maximum atomic E-state index is 13.9. The van der Waals surface area contributed by atoms with Crippen LogP contribution in [0, 0.1) is 23.0 Å². The molecule has 1 heterocycles. The van der Waals surface area contributed by atoms with Crippen molar-refractivity contribution in [1.29, 1.82) is 5.26 Å². The van der Waals surface area contributed by atoms with Crippen LogP contribution in [0.5, 0.6) is 5.75 Å². The third-order valence-corrected chi connectivity index (χ3v) is 5.52. The van der Waals surface area contributed by atoms with E-state index in [4.69, 9.17) is 10.00 Å². The van der Waals surface area contributed by atoms with E-state index in [0.717, 1.165) is 35.4 Å². The Morgan fingerprint density at radius 2 is 1.36 bits per heavy atom. The van der Waals surface area contributed by atoms with Gasteiger partial charge in [-0.2, -0.15) is 5.26 Å². The molecular formula is C27H29F2N3O. The maximum absolute atomic E-state index is 13.9. The van der Waals surface area contributed by atoms with E-state index in [2.05, 4.69) is 16.9 Å². The zero-order valence-corrected chi connectivity index (χ0v) is 19.0. The van der Waals surface area contributed by atoms with Gasteiger partial charge in [0.1, 0.15) is 29.0 Å². The van der Waals surface area contributed by atoms with Crippen LogP contribution < -0.4 is 4.74 Å². The number of nitrogens with zero attached hydrogens (tertiary/aromatic N) is 3. The highest BCUT2D eigenvalue weighted by molar-refractivity contribution is 5.64. The van der Waals surface area contributed by atoms with Crippen molar-refractivity contribution in [2.75, 3.05) is 6.61 Å². The van der Waals surface area contributed by atoms with Crippen LogP contribution in [0.3, 0.4) is 0 Å². The van der Waals surface area contributed by atoms with E-state index >= 15 is 0 Å². The van der Waals surface area contributed by atoms with Gasteiger partial charge in [-0.25, -0.2) is 18.7 Å². The maximum Gasteiger partial charge on any atom is 0.159 e. The lowest BCUT2D eigenvalue weighted by Gasteiger charge is -2.08. The van der Waals surface area contributed by atoms with Crippen LogP contribution in [-0.4, -0.2) is 16.6 Å². The molecule has 0 spiro atoms. The summed E-state index contributed by atoms with van der Waals surface area (Å²) in [7, 11) is 0. The molecule has 0 bridgehead atoms. The van der Waals surface area contributed by atoms with Gasteiger partial charge in [-0.15, -0.1) is 0 Å². The quantitative estimate of drug-likeness (QED) is 0.269. The monoisotopic (exact) mass is 449 g/mol. The summed E-state index contributed by atoms with van der Waals surface area (Å²) >= 11 is 0. The standard InChI is InChI=1S/C27H29F2N3O/c1-2-3-4-5-6-7-8-9-14-33-23-12-10-20(11-13-23)22-18-31-27(32-19-22)21-15-25(28)24(17-30)26(29)16-21/h10-13,15-16,18-19H,2-9,14H2,1H3. The molecule has 0 aliphatic rings. The first-order valence-corrected chi connectivity index (χ1v) is 11.6. The summed E-state index contributed by atoms with van der Waals surface area (Å²) in [5.41, 5.74) is 1.27. The number of nitriles is 1. The van der Waals surface area contributed by atoms with Crippen molar-refractivity contribution in [3.8, 4) is 34.3 Å². The van der Waals surface area contributed by atoms with E-state index in [1.807, 2.05) is 24.3 Å². The third-order valence-electron chi connectivity index (χ3n) is 5.52. The predicted molar refractivity (Wildman–Crippen MR) is 126 cm³/mol. The Morgan fingerprint density at radius 1 is 0.788 bits per heavy atom. The normalized spacial score (nSPS) is 10.7. The van der Waals surface area contributed by atoms with Gasteiger partial charge in [0.05, 0.1) is 6.61 Å². The first-order valence-electron chi connectivity index (χ1n) is 11.6. The molecule has 0 aliphatic heterocycles. The highest BCUT2D eigenvalue weighted by Crippen LogP contribution is 2.25. The van der Waals surface area contributed by atoms with Crippen molar-refractivity contribution in [1.82, 2.24) is 9.97 Å². The lowest BCUT2D eigenvalue weighted by atomic mass is 10.1. The molecule has 0 saturated carbocycles. The van der Waals surface area contributed by atoms with Gasteiger partial charge >= 0.3 is 0 Å². The summed E-state index contributed by atoms with van der Waals surface area (Å²) in [6.45, 7) is 2.95. The summed E-state index contributed by atoms with van der Waals surface area (Å²) in [6.07, 6.45) is 13.3. The van der Waals surface area contributed by atoms with E-state index < -0.39 is 17.2 Å². The van der Waals surface area contributed by atoms with Gasteiger partial charge in [0.2, 0.25) is 0 Å². The third kappa shape index (κ3) is 7.08. The number of ether oxygens (including phenoxy) is 1. The number of aromatic nitrogens is 2. The lowest BCUT2D eigenvalue weighted by Crippen LogP contribution is -1.97. The van der Waals surface area contributed by atoms with Gasteiger partial charge in [-0.3, -0.25) is 0 Å². The van der Waals surface area contributed by atoms with E-state index in [1.165, 1.54) is 51.0 Å². The molecular weight excluding hydrogens is 420 g/mol. The SMILES string of the molecule is CCCCCCCCCCOc1ccc(-c2cnc(-c3cc(F)c(C#N)c(F)c3)nc2)cc1. The fourth-order valence-corrected chi connectivity index (χ4v) is 3.60. The molecule has 0 amide bonds. The Bertz CT molecular complexity index is 1040. The summed E-state index contributed by atoms with van der Waals surface area (Å²) in [5.74, 6) is -0.848. The van der Waals surface area contributed by atoms with Gasteiger partial charge in [0.15, 0.2) is 5.82 Å². The van der Waals surface area contributed by atoms with E-state index in [0.29, 0.717) is 6.61 Å². The molecule has 0 radical (unpaired) electrons.